The third-order valence-corrected chi connectivity index (χ3v) is 3.60. The molecular weight excluding hydrogens is 257 g/mol. The van der Waals surface area contributed by atoms with Crippen LogP contribution in [0.15, 0.2) is 23.0 Å². The first kappa shape index (κ1) is 12.2. The molecule has 1 aliphatic carbocycles. The van der Waals surface area contributed by atoms with Crippen molar-refractivity contribution in [2.24, 2.45) is 0 Å². The smallest absolute Gasteiger partial charge is 0.309 e. The second-order valence-corrected chi connectivity index (χ2v) is 4.78. The molecule has 0 amide bonds. The number of halogens is 3. The van der Waals surface area contributed by atoms with Crippen LogP contribution in [0.25, 0.3) is 10.9 Å². The normalized spacial score (nSPS) is 16.6. The van der Waals surface area contributed by atoms with Crippen molar-refractivity contribution in [2.45, 2.75) is 31.4 Å². The van der Waals surface area contributed by atoms with Crippen molar-refractivity contribution in [3.63, 3.8) is 0 Å². The van der Waals surface area contributed by atoms with Crippen molar-refractivity contribution in [1.29, 1.82) is 0 Å². The molecular formula is C13H11F3N2O. The van der Waals surface area contributed by atoms with Crippen LogP contribution in [-0.2, 0) is 6.18 Å². The average Bonchev–Trinajstić information content (AvgIpc) is 2.24. The van der Waals surface area contributed by atoms with Gasteiger partial charge in [0.2, 0.25) is 0 Å². The number of nitrogens with zero attached hydrogens (tertiary/aromatic N) is 1. The van der Waals surface area contributed by atoms with E-state index in [2.05, 4.69) is 9.97 Å². The van der Waals surface area contributed by atoms with Crippen LogP contribution in [0.2, 0.25) is 0 Å². The van der Waals surface area contributed by atoms with Gasteiger partial charge in [-0.25, -0.2) is 4.79 Å². The maximum Gasteiger partial charge on any atom is 0.418 e. The van der Waals surface area contributed by atoms with Gasteiger partial charge in [0.05, 0.1) is 11.1 Å². The summed E-state index contributed by atoms with van der Waals surface area (Å²) >= 11 is 0. The maximum atomic E-state index is 12.9. The number of alkyl halides is 3. The summed E-state index contributed by atoms with van der Waals surface area (Å²) in [5, 5.41) is 0.402. The van der Waals surface area contributed by atoms with Gasteiger partial charge >= 0.3 is 11.9 Å². The van der Waals surface area contributed by atoms with Gasteiger partial charge in [0, 0.05) is 11.1 Å². The lowest BCUT2D eigenvalue weighted by Gasteiger charge is -2.26. The molecule has 1 aromatic heterocycles. The summed E-state index contributed by atoms with van der Waals surface area (Å²) in [6, 6.07) is 3.90. The number of aromatic nitrogens is 2. The molecule has 3 nitrogen and oxygen atoms in total. The molecule has 3 rings (SSSR count). The zero-order valence-electron chi connectivity index (χ0n) is 9.92. The van der Waals surface area contributed by atoms with E-state index in [9.17, 15) is 18.0 Å². The SMILES string of the molecule is O=c1nc2c(C(F)(F)F)cccc2c(C2CCC2)[nH]1. The fraction of sp³-hybridized carbons (Fsp3) is 0.385. The van der Waals surface area contributed by atoms with Crippen LogP contribution in [0.5, 0.6) is 0 Å². The predicted octanol–water partition coefficient (Wildman–Crippen LogP) is 3.21. The van der Waals surface area contributed by atoms with Crippen molar-refractivity contribution in [1.82, 2.24) is 9.97 Å². The number of fused-ring (bicyclic) bond motifs is 1. The van der Waals surface area contributed by atoms with E-state index in [1.54, 1.807) is 6.07 Å². The topological polar surface area (TPSA) is 45.8 Å². The summed E-state index contributed by atoms with van der Waals surface area (Å²) in [4.78, 5) is 17.6. The Morgan fingerprint density at radius 1 is 1.26 bits per heavy atom. The molecule has 0 saturated heterocycles. The Balaban J connectivity index is 2.32. The predicted molar refractivity (Wildman–Crippen MR) is 64.0 cm³/mol. The van der Waals surface area contributed by atoms with Crippen molar-refractivity contribution in [2.75, 3.05) is 0 Å². The Morgan fingerprint density at radius 3 is 2.58 bits per heavy atom. The van der Waals surface area contributed by atoms with E-state index in [0.717, 1.165) is 25.3 Å². The highest BCUT2D eigenvalue weighted by molar-refractivity contribution is 5.84. The summed E-state index contributed by atoms with van der Waals surface area (Å²) in [5.74, 6) is 0.140. The van der Waals surface area contributed by atoms with Gasteiger partial charge in [-0.15, -0.1) is 0 Å². The van der Waals surface area contributed by atoms with Crippen LogP contribution in [0, 0.1) is 0 Å². The van der Waals surface area contributed by atoms with Crippen molar-refractivity contribution < 1.29 is 13.2 Å². The summed E-state index contributed by atoms with van der Waals surface area (Å²) in [6.07, 6.45) is -1.68. The Morgan fingerprint density at radius 2 is 2.00 bits per heavy atom. The number of H-pyrrole nitrogens is 1. The first-order valence-corrected chi connectivity index (χ1v) is 6.07. The van der Waals surface area contributed by atoms with Gasteiger partial charge in [-0.1, -0.05) is 18.6 Å². The first-order chi connectivity index (χ1) is 8.97. The van der Waals surface area contributed by atoms with E-state index >= 15 is 0 Å². The highest BCUT2D eigenvalue weighted by atomic mass is 19.4. The lowest BCUT2D eigenvalue weighted by Crippen LogP contribution is -2.20. The van der Waals surface area contributed by atoms with Crippen LogP contribution >= 0.6 is 0 Å². The van der Waals surface area contributed by atoms with Crippen LogP contribution in [-0.4, -0.2) is 9.97 Å². The number of nitrogens with one attached hydrogen (secondary N) is 1. The number of benzene rings is 1. The molecule has 0 atom stereocenters. The summed E-state index contributed by atoms with van der Waals surface area (Å²) in [6.45, 7) is 0. The third kappa shape index (κ3) is 2.01. The van der Waals surface area contributed by atoms with Gasteiger partial charge in [-0.2, -0.15) is 18.2 Å². The minimum atomic E-state index is -4.50. The Bertz CT molecular complexity index is 686. The van der Waals surface area contributed by atoms with Gasteiger partial charge < -0.3 is 4.98 Å². The fourth-order valence-corrected chi connectivity index (χ4v) is 2.44. The van der Waals surface area contributed by atoms with E-state index in [0.29, 0.717) is 11.1 Å². The lowest BCUT2D eigenvalue weighted by atomic mass is 9.81. The summed E-state index contributed by atoms with van der Waals surface area (Å²) < 4.78 is 38.8. The van der Waals surface area contributed by atoms with Crippen LogP contribution in [0.4, 0.5) is 13.2 Å². The molecule has 1 heterocycles. The Hall–Kier alpha value is -1.85. The number of hydrogen-bond donors (Lipinski definition) is 1. The van der Waals surface area contributed by atoms with Crippen LogP contribution in [0.1, 0.15) is 36.4 Å². The van der Waals surface area contributed by atoms with Gasteiger partial charge in [0.25, 0.3) is 0 Å². The van der Waals surface area contributed by atoms with Crippen molar-refractivity contribution in [3.05, 3.63) is 39.9 Å². The van der Waals surface area contributed by atoms with E-state index in [1.165, 1.54) is 6.07 Å². The Kier molecular flexibility index (Phi) is 2.62. The molecule has 0 bridgehead atoms. The second-order valence-electron chi connectivity index (χ2n) is 4.78. The molecule has 1 N–H and O–H groups in total. The minimum absolute atomic E-state index is 0.140. The fourth-order valence-electron chi connectivity index (χ4n) is 2.44. The minimum Gasteiger partial charge on any atom is -0.309 e. The summed E-state index contributed by atoms with van der Waals surface area (Å²) in [5.41, 5.74) is -1.23. The average molecular weight is 268 g/mol. The zero-order chi connectivity index (χ0) is 13.6. The highest BCUT2D eigenvalue weighted by Crippen LogP contribution is 2.40. The molecule has 0 aliphatic heterocycles. The van der Waals surface area contributed by atoms with Gasteiger partial charge in [-0.3, -0.25) is 0 Å². The number of para-hydroxylation sites is 1. The van der Waals surface area contributed by atoms with Gasteiger partial charge in [-0.05, 0) is 24.8 Å². The van der Waals surface area contributed by atoms with E-state index in [4.69, 9.17) is 0 Å². The molecule has 1 saturated carbocycles. The lowest BCUT2D eigenvalue weighted by molar-refractivity contribution is -0.136. The molecule has 1 aliphatic rings. The quantitative estimate of drug-likeness (QED) is 0.863. The molecule has 2 aromatic rings. The van der Waals surface area contributed by atoms with Gasteiger partial charge in [0.1, 0.15) is 0 Å². The standard InChI is InChI=1S/C13H11F3N2O/c14-13(15,16)9-6-2-5-8-10(7-3-1-4-7)17-12(19)18-11(8)9/h2,5-7H,1,3-4H2,(H,17,18,19). The monoisotopic (exact) mass is 268 g/mol. The molecule has 0 spiro atoms. The molecule has 6 heteroatoms. The van der Waals surface area contributed by atoms with Crippen LogP contribution in [0.3, 0.4) is 0 Å². The van der Waals surface area contributed by atoms with E-state index in [-0.39, 0.29) is 11.4 Å². The molecule has 1 aromatic carbocycles. The van der Waals surface area contributed by atoms with Gasteiger partial charge in [0.15, 0.2) is 0 Å². The number of hydrogen-bond acceptors (Lipinski definition) is 2. The third-order valence-electron chi connectivity index (χ3n) is 3.60. The molecule has 1 fully saturated rings. The van der Waals surface area contributed by atoms with Crippen molar-refractivity contribution >= 4 is 10.9 Å². The van der Waals surface area contributed by atoms with E-state index < -0.39 is 17.4 Å². The first-order valence-electron chi connectivity index (χ1n) is 6.07. The largest absolute Gasteiger partial charge is 0.418 e. The Labute approximate surface area is 106 Å². The van der Waals surface area contributed by atoms with Crippen molar-refractivity contribution in [3.8, 4) is 0 Å². The number of aromatic amines is 1. The maximum absolute atomic E-state index is 12.9. The molecule has 0 unspecified atom stereocenters. The molecule has 19 heavy (non-hydrogen) atoms. The zero-order valence-corrected chi connectivity index (χ0v) is 9.92. The summed E-state index contributed by atoms with van der Waals surface area (Å²) in [7, 11) is 0. The second kappa shape index (κ2) is 4.08. The molecule has 100 valence electrons. The van der Waals surface area contributed by atoms with Crippen LogP contribution < -0.4 is 5.69 Å². The highest BCUT2D eigenvalue weighted by Gasteiger charge is 2.34. The van der Waals surface area contributed by atoms with E-state index in [1.807, 2.05) is 0 Å². The number of rotatable bonds is 1. The molecule has 0 radical (unpaired) electrons.